The van der Waals surface area contributed by atoms with Crippen LogP contribution in [0.2, 0.25) is 0 Å². The highest BCUT2D eigenvalue weighted by Gasteiger charge is 2.33. The maximum Gasteiger partial charge on any atom is 0.337 e. The van der Waals surface area contributed by atoms with Crippen LogP contribution in [0.3, 0.4) is 0 Å². The van der Waals surface area contributed by atoms with Crippen molar-refractivity contribution in [2.75, 3.05) is 12.4 Å². The summed E-state index contributed by atoms with van der Waals surface area (Å²) in [5.74, 6) is -1.99. The largest absolute Gasteiger partial charge is 0.465 e. The van der Waals surface area contributed by atoms with Crippen molar-refractivity contribution in [1.82, 2.24) is 9.47 Å². The zero-order valence-corrected chi connectivity index (χ0v) is 18.7. The van der Waals surface area contributed by atoms with Gasteiger partial charge in [0, 0.05) is 23.6 Å². The first kappa shape index (κ1) is 22.3. The normalized spacial score (nSPS) is 14.5. The minimum Gasteiger partial charge on any atom is -0.465 e. The van der Waals surface area contributed by atoms with Gasteiger partial charge >= 0.3 is 12.0 Å². The van der Waals surface area contributed by atoms with Crippen molar-refractivity contribution < 1.29 is 23.1 Å². The smallest absolute Gasteiger partial charge is 0.337 e. The van der Waals surface area contributed by atoms with Gasteiger partial charge in [-0.2, -0.15) is 0 Å². The Balaban J connectivity index is 1.61. The average molecular weight is 473 g/mol. The zero-order chi connectivity index (χ0) is 24.5. The number of amides is 2. The number of anilines is 1. The van der Waals surface area contributed by atoms with Crippen LogP contribution in [0.25, 0.3) is 5.69 Å². The molecule has 1 N–H and O–H groups in total. The number of rotatable bonds is 3. The Morgan fingerprint density at radius 3 is 2.49 bits per heavy atom. The summed E-state index contributed by atoms with van der Waals surface area (Å²) in [5.41, 5.74) is 3.38. The van der Waals surface area contributed by atoms with Gasteiger partial charge in [0.25, 0.3) is 0 Å². The number of fused-ring (bicyclic) bond motifs is 3. The van der Waals surface area contributed by atoms with Crippen LogP contribution in [0.5, 0.6) is 0 Å². The topological polar surface area (TPSA) is 63.6 Å². The molecule has 3 aromatic carbocycles. The molecular formula is C27H21F2N3O3. The molecule has 5 rings (SSSR count). The summed E-state index contributed by atoms with van der Waals surface area (Å²) in [5, 5.41) is 2.82. The number of carbonyl (C=O) groups is 2. The molecule has 8 heteroatoms. The molecule has 0 saturated heterocycles. The summed E-state index contributed by atoms with van der Waals surface area (Å²) in [6.45, 7) is 0.184. The van der Waals surface area contributed by atoms with Crippen molar-refractivity contribution >= 4 is 17.7 Å². The number of esters is 1. The predicted octanol–water partition coefficient (Wildman–Crippen LogP) is 5.68. The minimum absolute atomic E-state index is 0.184. The molecule has 1 atom stereocenters. The molecule has 4 aromatic rings. The molecule has 0 bridgehead atoms. The molecule has 2 amide bonds. The van der Waals surface area contributed by atoms with Gasteiger partial charge in [-0.3, -0.25) is 0 Å². The van der Waals surface area contributed by atoms with Gasteiger partial charge < -0.3 is 19.5 Å². The van der Waals surface area contributed by atoms with Crippen molar-refractivity contribution in [3.8, 4) is 5.69 Å². The number of ether oxygens (including phenoxy) is 1. The van der Waals surface area contributed by atoms with Gasteiger partial charge in [0.1, 0.15) is 11.6 Å². The third kappa shape index (κ3) is 4.26. The summed E-state index contributed by atoms with van der Waals surface area (Å²) >= 11 is 0. The first-order chi connectivity index (χ1) is 16.9. The van der Waals surface area contributed by atoms with E-state index in [1.807, 2.05) is 47.2 Å². The molecule has 0 spiro atoms. The second-order valence-electron chi connectivity index (χ2n) is 8.17. The van der Waals surface area contributed by atoms with Crippen LogP contribution in [-0.2, 0) is 11.3 Å². The SMILES string of the molecule is COC(=O)c1cccc(NC(=O)N2Cc3ccccc3-n3cccc3C2c2cc(F)cc(F)c2)c1. The van der Waals surface area contributed by atoms with Crippen LogP contribution in [0.1, 0.15) is 33.2 Å². The lowest BCUT2D eigenvalue weighted by atomic mass is 10.0. The monoisotopic (exact) mass is 473 g/mol. The van der Waals surface area contributed by atoms with E-state index in [0.29, 0.717) is 16.9 Å². The highest BCUT2D eigenvalue weighted by atomic mass is 19.1. The van der Waals surface area contributed by atoms with E-state index < -0.39 is 29.7 Å². The van der Waals surface area contributed by atoms with Gasteiger partial charge in [0.2, 0.25) is 0 Å². The lowest BCUT2D eigenvalue weighted by Gasteiger charge is -2.31. The van der Waals surface area contributed by atoms with Gasteiger partial charge in [-0.1, -0.05) is 24.3 Å². The molecule has 0 fully saturated rings. The fourth-order valence-electron chi connectivity index (χ4n) is 4.46. The van der Waals surface area contributed by atoms with E-state index >= 15 is 0 Å². The quantitative estimate of drug-likeness (QED) is 0.390. The first-order valence-corrected chi connectivity index (χ1v) is 10.9. The molecule has 35 heavy (non-hydrogen) atoms. The Labute approximate surface area is 200 Å². The standard InChI is InChI=1S/C27H21F2N3O3/c1-35-26(33)17-7-4-8-22(14-17)30-27(34)32-16-18-6-2-3-9-23(18)31-11-5-10-24(31)25(32)19-12-20(28)15-21(29)13-19/h2-15,25H,16H2,1H3,(H,30,34). The minimum atomic E-state index is -0.786. The van der Waals surface area contributed by atoms with Crippen molar-refractivity contribution in [1.29, 1.82) is 0 Å². The first-order valence-electron chi connectivity index (χ1n) is 10.9. The number of carbonyl (C=O) groups excluding carboxylic acids is 2. The molecule has 1 unspecified atom stereocenters. The number of aromatic nitrogens is 1. The molecule has 2 heterocycles. The molecule has 1 aromatic heterocycles. The lowest BCUT2D eigenvalue weighted by molar-refractivity contribution is 0.0600. The van der Waals surface area contributed by atoms with Crippen LogP contribution in [0.4, 0.5) is 19.3 Å². The second kappa shape index (κ2) is 9.06. The van der Waals surface area contributed by atoms with E-state index in [0.717, 1.165) is 17.3 Å². The maximum atomic E-state index is 14.3. The second-order valence-corrected chi connectivity index (χ2v) is 8.17. The molecular weight excluding hydrogens is 452 g/mol. The summed E-state index contributed by atoms with van der Waals surface area (Å²) < 4.78 is 35.2. The Morgan fingerprint density at radius 1 is 0.943 bits per heavy atom. The Hall–Kier alpha value is -4.46. The highest BCUT2D eigenvalue weighted by Crippen LogP contribution is 2.37. The molecule has 6 nitrogen and oxygen atoms in total. The van der Waals surface area contributed by atoms with E-state index in [1.165, 1.54) is 30.2 Å². The van der Waals surface area contributed by atoms with Gasteiger partial charge in [0.15, 0.2) is 0 Å². The molecule has 1 aliphatic heterocycles. The number of para-hydroxylation sites is 1. The van der Waals surface area contributed by atoms with Crippen LogP contribution in [0.15, 0.2) is 85.1 Å². The van der Waals surface area contributed by atoms with Gasteiger partial charge in [0.05, 0.1) is 30.9 Å². The maximum absolute atomic E-state index is 14.3. The Kier molecular flexibility index (Phi) is 5.78. The Morgan fingerprint density at radius 2 is 1.71 bits per heavy atom. The zero-order valence-electron chi connectivity index (χ0n) is 18.7. The molecule has 1 aliphatic rings. The highest BCUT2D eigenvalue weighted by molar-refractivity contribution is 5.94. The average Bonchev–Trinajstić information content (AvgIpc) is 3.27. The number of urea groups is 1. The molecule has 176 valence electrons. The summed E-state index contributed by atoms with van der Waals surface area (Å²) in [6.07, 6.45) is 1.86. The number of halogens is 2. The van der Waals surface area contributed by atoms with Gasteiger partial charge in [-0.05, 0) is 59.7 Å². The number of benzene rings is 3. The summed E-state index contributed by atoms with van der Waals surface area (Å²) in [6, 6.07) is 19.6. The fraction of sp³-hybridized carbons (Fsp3) is 0.111. The third-order valence-corrected chi connectivity index (χ3v) is 5.96. The number of nitrogens with one attached hydrogen (secondary N) is 1. The van der Waals surface area contributed by atoms with Gasteiger partial charge in [-0.25, -0.2) is 18.4 Å². The lowest BCUT2D eigenvalue weighted by Crippen LogP contribution is -2.38. The van der Waals surface area contributed by atoms with Crippen molar-refractivity contribution in [2.45, 2.75) is 12.6 Å². The number of hydrogen-bond donors (Lipinski definition) is 1. The van der Waals surface area contributed by atoms with Crippen LogP contribution in [-0.4, -0.2) is 28.6 Å². The van der Waals surface area contributed by atoms with E-state index in [9.17, 15) is 18.4 Å². The van der Waals surface area contributed by atoms with E-state index in [-0.39, 0.29) is 12.1 Å². The molecule has 0 saturated carbocycles. The summed E-state index contributed by atoms with van der Waals surface area (Å²) in [7, 11) is 1.28. The van der Waals surface area contributed by atoms with Crippen LogP contribution < -0.4 is 5.32 Å². The van der Waals surface area contributed by atoms with Crippen LogP contribution in [0, 0.1) is 11.6 Å². The number of hydrogen-bond acceptors (Lipinski definition) is 3. The van der Waals surface area contributed by atoms with Crippen molar-refractivity contribution in [3.05, 3.63) is 119 Å². The van der Waals surface area contributed by atoms with E-state index in [1.54, 1.807) is 18.2 Å². The molecule has 0 radical (unpaired) electrons. The Bertz CT molecular complexity index is 1410. The molecule has 0 aliphatic carbocycles. The van der Waals surface area contributed by atoms with Crippen molar-refractivity contribution in [2.24, 2.45) is 0 Å². The summed E-state index contributed by atoms with van der Waals surface area (Å²) in [4.78, 5) is 27.1. The van der Waals surface area contributed by atoms with Crippen molar-refractivity contribution in [3.63, 3.8) is 0 Å². The third-order valence-electron chi connectivity index (χ3n) is 5.96. The van der Waals surface area contributed by atoms with Gasteiger partial charge in [-0.15, -0.1) is 0 Å². The number of nitrogens with zero attached hydrogens (tertiary/aromatic N) is 2. The van der Waals surface area contributed by atoms with E-state index in [4.69, 9.17) is 4.74 Å². The fourth-order valence-corrected chi connectivity index (χ4v) is 4.46. The number of methoxy groups -OCH3 is 1. The van der Waals surface area contributed by atoms with E-state index in [2.05, 4.69) is 5.32 Å². The van der Waals surface area contributed by atoms with Crippen LogP contribution >= 0.6 is 0 Å². The predicted molar refractivity (Wildman–Crippen MR) is 126 cm³/mol.